The minimum Gasteiger partial charge on any atom is -0.343 e. The van der Waals surface area contributed by atoms with E-state index in [4.69, 9.17) is 0 Å². The van der Waals surface area contributed by atoms with E-state index in [0.29, 0.717) is 5.92 Å². The van der Waals surface area contributed by atoms with Crippen LogP contribution in [0.3, 0.4) is 0 Å². The first-order valence-corrected chi connectivity index (χ1v) is 9.53. The Morgan fingerprint density at radius 3 is 2.52 bits per heavy atom. The summed E-state index contributed by atoms with van der Waals surface area (Å²) in [5, 5.41) is 0. The average molecular weight is 338 g/mol. The number of carbonyl (C=O) groups is 1. The predicted octanol–water partition coefficient (Wildman–Crippen LogP) is 2.23. The Morgan fingerprint density at radius 2 is 1.96 bits per heavy atom. The Hall–Kier alpha value is -1.40. The van der Waals surface area contributed by atoms with Gasteiger partial charge in [0.25, 0.3) is 0 Å². The van der Waals surface area contributed by atoms with Gasteiger partial charge in [-0.15, -0.1) is 0 Å². The summed E-state index contributed by atoms with van der Waals surface area (Å²) in [5.41, 5.74) is 1.98. The molecule has 0 aromatic heterocycles. The molecule has 2 rings (SSSR count). The monoisotopic (exact) mass is 338 g/mol. The molecular formula is C17H26N2O3S. The molecule has 0 heterocycles. The van der Waals surface area contributed by atoms with Gasteiger partial charge in [-0.1, -0.05) is 6.07 Å². The number of carbonyl (C=O) groups excluding carboxylic acids is 1. The normalized spacial score (nSPS) is 16.2. The zero-order valence-corrected chi connectivity index (χ0v) is 15.1. The van der Waals surface area contributed by atoms with E-state index in [1.54, 1.807) is 30.1 Å². The van der Waals surface area contributed by atoms with E-state index in [2.05, 4.69) is 11.6 Å². The number of sulfonamides is 1. The summed E-state index contributed by atoms with van der Waals surface area (Å²) in [6.45, 7) is 5.99. The second kappa shape index (κ2) is 7.01. The molecule has 23 heavy (non-hydrogen) atoms. The second-order valence-electron chi connectivity index (χ2n) is 6.48. The highest BCUT2D eigenvalue weighted by molar-refractivity contribution is 7.89. The van der Waals surface area contributed by atoms with Crippen LogP contribution in [-0.4, -0.2) is 38.9 Å². The highest BCUT2D eigenvalue weighted by Crippen LogP contribution is 2.34. The Labute approximate surface area is 139 Å². The smallest absolute Gasteiger partial charge is 0.240 e. The maximum Gasteiger partial charge on any atom is 0.240 e. The number of amides is 1. The molecule has 1 aromatic carbocycles. The summed E-state index contributed by atoms with van der Waals surface area (Å²) in [6, 6.07) is 5.27. The first kappa shape index (κ1) is 17.9. The van der Waals surface area contributed by atoms with Crippen LogP contribution in [0.5, 0.6) is 0 Å². The minimum absolute atomic E-state index is 0.0211. The summed E-state index contributed by atoms with van der Waals surface area (Å²) in [4.78, 5) is 14.1. The molecule has 0 aliphatic heterocycles. The van der Waals surface area contributed by atoms with Crippen LogP contribution in [0.2, 0.25) is 0 Å². The van der Waals surface area contributed by atoms with E-state index in [-0.39, 0.29) is 29.8 Å². The molecule has 5 nitrogen and oxygen atoms in total. The van der Waals surface area contributed by atoms with Crippen LogP contribution in [0, 0.1) is 19.8 Å². The fourth-order valence-corrected chi connectivity index (χ4v) is 3.67. The Bertz CT molecular complexity index is 681. The van der Waals surface area contributed by atoms with Gasteiger partial charge < -0.3 is 4.90 Å². The standard InChI is InChI=1S/C17H26N2O3S/c1-12-5-8-16(11-13(12)2)23(21,22)18-10-9-17(20)19(4)14(3)15-6-7-15/h5,8,11,14-15,18H,6-7,9-10H2,1-4H3. The van der Waals surface area contributed by atoms with Gasteiger partial charge in [-0.05, 0) is 62.8 Å². The van der Waals surface area contributed by atoms with Crippen molar-refractivity contribution in [3.05, 3.63) is 29.3 Å². The summed E-state index contributed by atoms with van der Waals surface area (Å²) in [7, 11) is -1.77. The van der Waals surface area contributed by atoms with Gasteiger partial charge in [-0.2, -0.15) is 0 Å². The number of rotatable bonds is 7. The molecule has 0 saturated heterocycles. The van der Waals surface area contributed by atoms with Gasteiger partial charge in [0.1, 0.15) is 0 Å². The van der Waals surface area contributed by atoms with Gasteiger partial charge in [0.15, 0.2) is 0 Å². The van der Waals surface area contributed by atoms with Gasteiger partial charge in [0.05, 0.1) is 4.90 Å². The van der Waals surface area contributed by atoms with Crippen molar-refractivity contribution in [2.45, 2.75) is 51.0 Å². The summed E-state index contributed by atoms with van der Waals surface area (Å²) >= 11 is 0. The summed E-state index contributed by atoms with van der Waals surface area (Å²) in [6.07, 6.45) is 2.54. The van der Waals surface area contributed by atoms with Gasteiger partial charge in [0.2, 0.25) is 15.9 Å². The van der Waals surface area contributed by atoms with Crippen molar-refractivity contribution in [1.82, 2.24) is 9.62 Å². The first-order valence-electron chi connectivity index (χ1n) is 8.05. The van der Waals surface area contributed by atoms with Crippen LogP contribution in [-0.2, 0) is 14.8 Å². The molecule has 1 fully saturated rings. The number of hydrogen-bond acceptors (Lipinski definition) is 3. The van der Waals surface area contributed by atoms with Crippen molar-refractivity contribution >= 4 is 15.9 Å². The van der Waals surface area contributed by atoms with Crippen molar-refractivity contribution < 1.29 is 13.2 Å². The largest absolute Gasteiger partial charge is 0.343 e. The molecule has 1 aliphatic carbocycles. The molecule has 0 bridgehead atoms. The molecule has 128 valence electrons. The van der Waals surface area contributed by atoms with E-state index >= 15 is 0 Å². The van der Waals surface area contributed by atoms with Gasteiger partial charge in [0, 0.05) is 26.1 Å². The zero-order chi connectivity index (χ0) is 17.2. The molecule has 1 amide bonds. The average Bonchev–Trinajstić information content (AvgIpc) is 3.32. The number of nitrogens with one attached hydrogen (secondary N) is 1. The van der Waals surface area contributed by atoms with E-state index in [0.717, 1.165) is 11.1 Å². The van der Waals surface area contributed by atoms with Crippen molar-refractivity contribution in [2.75, 3.05) is 13.6 Å². The zero-order valence-electron chi connectivity index (χ0n) is 14.3. The Balaban J connectivity index is 1.89. The van der Waals surface area contributed by atoms with Crippen molar-refractivity contribution in [1.29, 1.82) is 0 Å². The molecule has 1 atom stereocenters. The van der Waals surface area contributed by atoms with Gasteiger partial charge in [-0.25, -0.2) is 13.1 Å². The lowest BCUT2D eigenvalue weighted by Crippen LogP contribution is -2.38. The first-order chi connectivity index (χ1) is 10.7. The maximum absolute atomic E-state index is 12.3. The lowest BCUT2D eigenvalue weighted by molar-refractivity contribution is -0.131. The Kier molecular flexibility index (Phi) is 5.47. The SMILES string of the molecule is Cc1ccc(S(=O)(=O)NCCC(=O)N(C)C(C)C2CC2)cc1C. The van der Waals surface area contributed by atoms with E-state index in [9.17, 15) is 13.2 Å². The third-order valence-corrected chi connectivity index (χ3v) is 6.19. The second-order valence-corrected chi connectivity index (χ2v) is 8.24. The minimum atomic E-state index is -3.57. The number of nitrogens with zero attached hydrogens (tertiary/aromatic N) is 1. The number of hydrogen-bond donors (Lipinski definition) is 1. The van der Waals surface area contributed by atoms with Crippen LogP contribution >= 0.6 is 0 Å². The van der Waals surface area contributed by atoms with Crippen LogP contribution in [0.4, 0.5) is 0 Å². The molecule has 1 unspecified atom stereocenters. The van der Waals surface area contributed by atoms with Crippen LogP contribution in [0.15, 0.2) is 23.1 Å². The molecule has 1 saturated carbocycles. The Morgan fingerprint density at radius 1 is 1.30 bits per heavy atom. The number of aryl methyl sites for hydroxylation is 2. The topological polar surface area (TPSA) is 66.5 Å². The van der Waals surface area contributed by atoms with Crippen molar-refractivity contribution in [3.63, 3.8) is 0 Å². The van der Waals surface area contributed by atoms with Gasteiger partial charge in [-0.3, -0.25) is 4.79 Å². The van der Waals surface area contributed by atoms with Crippen LogP contribution in [0.25, 0.3) is 0 Å². The maximum atomic E-state index is 12.3. The molecule has 1 aromatic rings. The molecule has 1 aliphatic rings. The molecule has 0 radical (unpaired) electrons. The van der Waals surface area contributed by atoms with E-state index < -0.39 is 10.0 Å². The third-order valence-electron chi connectivity index (χ3n) is 4.73. The molecular weight excluding hydrogens is 312 g/mol. The van der Waals surface area contributed by atoms with E-state index in [1.807, 2.05) is 13.8 Å². The lowest BCUT2D eigenvalue weighted by atomic mass is 10.1. The lowest BCUT2D eigenvalue weighted by Gasteiger charge is -2.25. The fraction of sp³-hybridized carbons (Fsp3) is 0.588. The van der Waals surface area contributed by atoms with Gasteiger partial charge >= 0.3 is 0 Å². The van der Waals surface area contributed by atoms with Crippen molar-refractivity contribution in [2.24, 2.45) is 5.92 Å². The molecule has 6 heteroatoms. The fourth-order valence-electron chi connectivity index (χ4n) is 2.56. The third kappa shape index (κ3) is 4.54. The van der Waals surface area contributed by atoms with Crippen LogP contribution in [0.1, 0.15) is 37.3 Å². The number of benzene rings is 1. The van der Waals surface area contributed by atoms with Crippen LogP contribution < -0.4 is 4.72 Å². The summed E-state index contributed by atoms with van der Waals surface area (Å²) < 4.78 is 27.0. The van der Waals surface area contributed by atoms with E-state index in [1.165, 1.54) is 12.8 Å². The van der Waals surface area contributed by atoms with Crippen molar-refractivity contribution in [3.8, 4) is 0 Å². The highest BCUT2D eigenvalue weighted by atomic mass is 32.2. The highest BCUT2D eigenvalue weighted by Gasteiger charge is 2.32. The molecule has 1 N–H and O–H groups in total. The summed E-state index contributed by atoms with van der Waals surface area (Å²) in [5.74, 6) is 0.586. The quantitative estimate of drug-likeness (QED) is 0.829. The molecule has 0 spiro atoms. The predicted molar refractivity (Wildman–Crippen MR) is 90.7 cm³/mol.